The number of nitrogens with zero attached hydrogens (tertiary/aromatic N) is 1. The quantitative estimate of drug-likeness (QED) is 0.867. The smallest absolute Gasteiger partial charge is 0.328 e. The minimum atomic E-state index is -0.481. The van der Waals surface area contributed by atoms with E-state index in [0.717, 1.165) is 30.3 Å². The summed E-state index contributed by atoms with van der Waals surface area (Å²) in [5.74, 6) is -0.0149. The number of amides is 1. The fourth-order valence-electron chi connectivity index (χ4n) is 3.20. The molecular formula is C17H20ClN3O3. The number of benzene rings is 1. The predicted octanol–water partition coefficient (Wildman–Crippen LogP) is 2.18. The average Bonchev–Trinajstić information content (AvgIpc) is 3.03. The summed E-state index contributed by atoms with van der Waals surface area (Å²) in [5, 5.41) is 3.87. The van der Waals surface area contributed by atoms with Gasteiger partial charge in [0.1, 0.15) is 0 Å². The monoisotopic (exact) mass is 349 g/mol. The molecule has 24 heavy (non-hydrogen) atoms. The second-order valence-electron chi connectivity index (χ2n) is 6.23. The van der Waals surface area contributed by atoms with Gasteiger partial charge in [0, 0.05) is 24.0 Å². The van der Waals surface area contributed by atoms with Gasteiger partial charge in [-0.1, -0.05) is 24.4 Å². The molecule has 0 saturated heterocycles. The molecule has 1 heterocycles. The lowest BCUT2D eigenvalue weighted by atomic mass is 10.2. The highest BCUT2D eigenvalue weighted by molar-refractivity contribution is 6.31. The van der Waals surface area contributed by atoms with Gasteiger partial charge in [-0.05, 0) is 37.5 Å². The van der Waals surface area contributed by atoms with Crippen molar-refractivity contribution in [2.75, 3.05) is 0 Å². The van der Waals surface area contributed by atoms with Gasteiger partial charge in [0.2, 0.25) is 5.91 Å². The van der Waals surface area contributed by atoms with Gasteiger partial charge in [0.25, 0.3) is 5.56 Å². The van der Waals surface area contributed by atoms with Gasteiger partial charge in [-0.25, -0.2) is 4.79 Å². The maximum atomic E-state index is 12.4. The van der Waals surface area contributed by atoms with Gasteiger partial charge in [-0.3, -0.25) is 14.2 Å². The van der Waals surface area contributed by atoms with Crippen LogP contribution in [0.15, 0.2) is 27.8 Å². The number of carbonyl (C=O) groups excluding carboxylic acids is 1. The van der Waals surface area contributed by atoms with Gasteiger partial charge in [-0.2, -0.15) is 0 Å². The van der Waals surface area contributed by atoms with E-state index in [0.29, 0.717) is 28.8 Å². The summed E-state index contributed by atoms with van der Waals surface area (Å²) in [4.78, 5) is 39.1. The Kier molecular flexibility index (Phi) is 5.04. The van der Waals surface area contributed by atoms with Crippen LogP contribution in [-0.2, 0) is 11.3 Å². The van der Waals surface area contributed by atoms with Crippen LogP contribution >= 0.6 is 11.6 Å². The van der Waals surface area contributed by atoms with Gasteiger partial charge in [-0.15, -0.1) is 0 Å². The standard InChI is InChI=1S/C17H20ClN3O3/c18-11-7-8-13-14(10-11)20-17(24)21(16(13)23)9-3-6-15(22)19-12-4-1-2-5-12/h7-8,10,12H,1-6,9H2,(H,19,22)(H,20,24). The first-order valence-corrected chi connectivity index (χ1v) is 8.64. The molecule has 0 bridgehead atoms. The number of halogens is 1. The summed E-state index contributed by atoms with van der Waals surface area (Å²) in [6.45, 7) is 0.213. The average molecular weight is 350 g/mol. The van der Waals surface area contributed by atoms with Crippen LogP contribution in [0.2, 0.25) is 5.02 Å². The van der Waals surface area contributed by atoms with E-state index in [1.54, 1.807) is 18.2 Å². The largest absolute Gasteiger partial charge is 0.353 e. The molecule has 1 fully saturated rings. The first kappa shape index (κ1) is 16.8. The van der Waals surface area contributed by atoms with E-state index >= 15 is 0 Å². The molecule has 0 atom stereocenters. The predicted molar refractivity (Wildman–Crippen MR) is 93.5 cm³/mol. The summed E-state index contributed by atoms with van der Waals surface area (Å²) >= 11 is 5.88. The third-order valence-electron chi connectivity index (χ3n) is 4.45. The first-order valence-electron chi connectivity index (χ1n) is 8.26. The van der Waals surface area contributed by atoms with Crippen LogP contribution in [0.25, 0.3) is 10.9 Å². The van der Waals surface area contributed by atoms with Crippen molar-refractivity contribution in [3.05, 3.63) is 44.1 Å². The molecule has 2 aromatic rings. The molecular weight excluding hydrogens is 330 g/mol. The summed E-state index contributed by atoms with van der Waals surface area (Å²) < 4.78 is 1.14. The first-order chi connectivity index (χ1) is 11.5. The molecule has 0 aliphatic heterocycles. The topological polar surface area (TPSA) is 84.0 Å². The van der Waals surface area contributed by atoms with Gasteiger partial charge < -0.3 is 10.3 Å². The Balaban J connectivity index is 1.66. The van der Waals surface area contributed by atoms with Gasteiger partial charge >= 0.3 is 5.69 Å². The third kappa shape index (κ3) is 3.70. The minimum Gasteiger partial charge on any atom is -0.353 e. The van der Waals surface area contributed by atoms with Gasteiger partial charge in [0.05, 0.1) is 10.9 Å². The maximum absolute atomic E-state index is 12.4. The van der Waals surface area contributed by atoms with Crippen molar-refractivity contribution in [3.63, 3.8) is 0 Å². The molecule has 1 aromatic carbocycles. The highest BCUT2D eigenvalue weighted by Crippen LogP contribution is 2.17. The van der Waals surface area contributed by atoms with Crippen molar-refractivity contribution in [3.8, 4) is 0 Å². The van der Waals surface area contributed by atoms with Crippen molar-refractivity contribution >= 4 is 28.4 Å². The lowest BCUT2D eigenvalue weighted by molar-refractivity contribution is -0.121. The van der Waals surface area contributed by atoms with Crippen LogP contribution in [0.4, 0.5) is 0 Å². The zero-order chi connectivity index (χ0) is 17.1. The second-order valence-corrected chi connectivity index (χ2v) is 6.67. The summed E-state index contributed by atoms with van der Waals surface area (Å²) in [5.41, 5.74) is -0.416. The third-order valence-corrected chi connectivity index (χ3v) is 4.68. The second kappa shape index (κ2) is 7.21. The zero-order valence-corrected chi connectivity index (χ0v) is 14.1. The molecule has 3 rings (SSSR count). The molecule has 1 aliphatic carbocycles. The summed E-state index contributed by atoms with van der Waals surface area (Å²) in [6, 6.07) is 5.05. The van der Waals surface area contributed by atoms with E-state index in [4.69, 9.17) is 11.6 Å². The maximum Gasteiger partial charge on any atom is 0.328 e. The molecule has 0 radical (unpaired) electrons. The Labute approximate surface area is 143 Å². The van der Waals surface area contributed by atoms with Crippen LogP contribution in [0.1, 0.15) is 38.5 Å². The number of H-pyrrole nitrogens is 1. The lowest BCUT2D eigenvalue weighted by Crippen LogP contribution is -2.36. The number of hydrogen-bond acceptors (Lipinski definition) is 3. The summed E-state index contributed by atoms with van der Waals surface area (Å²) in [6.07, 6.45) is 5.16. The number of fused-ring (bicyclic) bond motifs is 1. The number of carbonyl (C=O) groups is 1. The number of aromatic amines is 1. The van der Waals surface area contributed by atoms with E-state index in [1.165, 1.54) is 0 Å². The van der Waals surface area contributed by atoms with Crippen molar-refractivity contribution in [1.29, 1.82) is 0 Å². The van der Waals surface area contributed by atoms with Crippen molar-refractivity contribution < 1.29 is 4.79 Å². The number of rotatable bonds is 5. The highest BCUT2D eigenvalue weighted by Gasteiger charge is 2.17. The molecule has 1 aromatic heterocycles. The Hall–Kier alpha value is -2.08. The Morgan fingerprint density at radius 2 is 2.04 bits per heavy atom. The number of nitrogens with one attached hydrogen (secondary N) is 2. The van der Waals surface area contributed by atoms with Crippen molar-refractivity contribution in [2.24, 2.45) is 0 Å². The van der Waals surface area contributed by atoms with Crippen LogP contribution < -0.4 is 16.6 Å². The summed E-state index contributed by atoms with van der Waals surface area (Å²) in [7, 11) is 0. The molecule has 2 N–H and O–H groups in total. The van der Waals surface area contributed by atoms with Crippen molar-refractivity contribution in [1.82, 2.24) is 14.9 Å². The molecule has 1 amide bonds. The van der Waals surface area contributed by atoms with E-state index in [-0.39, 0.29) is 24.1 Å². The Bertz CT molecular complexity index is 865. The number of aromatic nitrogens is 2. The van der Waals surface area contributed by atoms with Gasteiger partial charge in [0.15, 0.2) is 0 Å². The number of hydrogen-bond donors (Lipinski definition) is 2. The zero-order valence-electron chi connectivity index (χ0n) is 13.3. The molecule has 0 unspecified atom stereocenters. The normalized spacial score (nSPS) is 15.0. The Morgan fingerprint density at radius 3 is 2.79 bits per heavy atom. The van der Waals surface area contributed by atoms with Crippen LogP contribution in [0.3, 0.4) is 0 Å². The van der Waals surface area contributed by atoms with Crippen molar-refractivity contribution in [2.45, 2.75) is 51.1 Å². The van der Waals surface area contributed by atoms with E-state index < -0.39 is 5.69 Å². The van der Waals surface area contributed by atoms with Crippen LogP contribution in [-0.4, -0.2) is 21.5 Å². The lowest BCUT2D eigenvalue weighted by Gasteiger charge is -2.12. The van der Waals surface area contributed by atoms with E-state index in [2.05, 4.69) is 10.3 Å². The molecule has 128 valence electrons. The molecule has 0 spiro atoms. The van der Waals surface area contributed by atoms with Crippen LogP contribution in [0, 0.1) is 0 Å². The molecule has 6 nitrogen and oxygen atoms in total. The van der Waals surface area contributed by atoms with E-state index in [9.17, 15) is 14.4 Å². The fourth-order valence-corrected chi connectivity index (χ4v) is 3.37. The van der Waals surface area contributed by atoms with E-state index in [1.807, 2.05) is 0 Å². The SMILES string of the molecule is O=C(CCCn1c(=O)[nH]c2cc(Cl)ccc2c1=O)NC1CCCC1. The molecule has 1 saturated carbocycles. The molecule has 1 aliphatic rings. The fraction of sp³-hybridized carbons (Fsp3) is 0.471. The van der Waals surface area contributed by atoms with Crippen LogP contribution in [0.5, 0.6) is 0 Å². The minimum absolute atomic E-state index is 0.0149. The highest BCUT2D eigenvalue weighted by atomic mass is 35.5. The molecule has 7 heteroatoms. The Morgan fingerprint density at radius 1 is 1.29 bits per heavy atom.